The molecule has 2 fully saturated rings. The lowest BCUT2D eigenvalue weighted by Gasteiger charge is -2.24. The van der Waals surface area contributed by atoms with Crippen molar-refractivity contribution in [2.75, 3.05) is 13.1 Å². The largest absolute Gasteiger partial charge is 0.342 e. The number of rotatable bonds is 7. The van der Waals surface area contributed by atoms with Crippen LogP contribution < -0.4 is 0 Å². The molecule has 0 spiro atoms. The summed E-state index contributed by atoms with van der Waals surface area (Å²) in [6.07, 6.45) is 5.74. The lowest BCUT2D eigenvalue weighted by molar-refractivity contribution is -0.132. The van der Waals surface area contributed by atoms with E-state index < -0.39 is 0 Å². The number of amides is 1. The quantitative estimate of drug-likeness (QED) is 0.741. The predicted molar refractivity (Wildman–Crippen MR) is 86.1 cm³/mol. The molecule has 1 aromatic carbocycles. The Labute approximate surface area is 128 Å². The standard InChI is InChI=1S/C19H27NO/c1-3-4-12-20(18(21)15-10-11-15)14-17-13-19(17,2)16-8-6-5-7-9-16/h5-9,15,17H,3-4,10-14H2,1-2H3. The number of benzene rings is 1. The Morgan fingerprint density at radius 1 is 1.29 bits per heavy atom. The van der Waals surface area contributed by atoms with E-state index in [0.29, 0.717) is 17.7 Å². The van der Waals surface area contributed by atoms with Crippen LogP contribution in [0.15, 0.2) is 30.3 Å². The fourth-order valence-electron chi connectivity index (χ4n) is 3.39. The third kappa shape index (κ3) is 3.14. The van der Waals surface area contributed by atoms with Crippen molar-refractivity contribution in [1.29, 1.82) is 0 Å². The molecule has 1 aromatic rings. The van der Waals surface area contributed by atoms with Gasteiger partial charge in [-0.1, -0.05) is 50.6 Å². The molecule has 0 radical (unpaired) electrons. The summed E-state index contributed by atoms with van der Waals surface area (Å²) in [5, 5.41) is 0. The first-order valence-electron chi connectivity index (χ1n) is 8.49. The van der Waals surface area contributed by atoms with Gasteiger partial charge in [0.15, 0.2) is 0 Å². The second-order valence-corrected chi connectivity index (χ2v) is 7.10. The number of nitrogens with zero attached hydrogens (tertiary/aromatic N) is 1. The van der Waals surface area contributed by atoms with Gasteiger partial charge < -0.3 is 4.90 Å². The minimum Gasteiger partial charge on any atom is -0.342 e. The molecular formula is C19H27NO. The zero-order valence-corrected chi connectivity index (χ0v) is 13.3. The van der Waals surface area contributed by atoms with Crippen molar-refractivity contribution < 1.29 is 4.79 Å². The van der Waals surface area contributed by atoms with Crippen LogP contribution in [0.5, 0.6) is 0 Å². The van der Waals surface area contributed by atoms with Gasteiger partial charge in [0, 0.05) is 19.0 Å². The van der Waals surface area contributed by atoms with E-state index in [-0.39, 0.29) is 5.41 Å². The van der Waals surface area contributed by atoms with Gasteiger partial charge in [-0.25, -0.2) is 0 Å². The Morgan fingerprint density at radius 3 is 2.62 bits per heavy atom. The van der Waals surface area contributed by atoms with Gasteiger partial charge in [0.1, 0.15) is 0 Å². The predicted octanol–water partition coefficient (Wildman–Crippen LogP) is 4.00. The number of unbranched alkanes of at least 4 members (excludes halogenated alkanes) is 1. The van der Waals surface area contributed by atoms with Crippen molar-refractivity contribution in [3.8, 4) is 0 Å². The first kappa shape index (κ1) is 14.6. The highest BCUT2D eigenvalue weighted by Crippen LogP contribution is 2.54. The topological polar surface area (TPSA) is 20.3 Å². The van der Waals surface area contributed by atoms with Crippen molar-refractivity contribution in [2.24, 2.45) is 11.8 Å². The second-order valence-electron chi connectivity index (χ2n) is 7.10. The van der Waals surface area contributed by atoms with Gasteiger partial charge in [-0.15, -0.1) is 0 Å². The van der Waals surface area contributed by atoms with Gasteiger partial charge in [-0.05, 0) is 42.6 Å². The molecule has 1 amide bonds. The minimum absolute atomic E-state index is 0.287. The van der Waals surface area contributed by atoms with E-state index in [1.54, 1.807) is 0 Å². The summed E-state index contributed by atoms with van der Waals surface area (Å²) in [4.78, 5) is 14.6. The average Bonchev–Trinajstić information content (AvgIpc) is 3.41. The molecule has 2 aliphatic carbocycles. The van der Waals surface area contributed by atoms with Crippen LogP contribution in [-0.4, -0.2) is 23.9 Å². The molecule has 2 saturated carbocycles. The number of carbonyl (C=O) groups is 1. The van der Waals surface area contributed by atoms with Crippen LogP contribution >= 0.6 is 0 Å². The SMILES string of the molecule is CCCCN(CC1CC1(C)c1ccccc1)C(=O)C1CC1. The molecule has 2 heteroatoms. The summed E-state index contributed by atoms with van der Waals surface area (Å²) in [5.74, 6) is 1.41. The molecule has 2 atom stereocenters. The second kappa shape index (κ2) is 5.82. The molecule has 114 valence electrons. The number of hydrogen-bond donors (Lipinski definition) is 0. The molecule has 21 heavy (non-hydrogen) atoms. The van der Waals surface area contributed by atoms with Gasteiger partial charge in [0.25, 0.3) is 0 Å². The van der Waals surface area contributed by atoms with Crippen LogP contribution in [0.4, 0.5) is 0 Å². The van der Waals surface area contributed by atoms with Crippen molar-refractivity contribution >= 4 is 5.91 Å². The zero-order chi connectivity index (χ0) is 14.9. The molecule has 3 rings (SSSR count). The molecular weight excluding hydrogens is 258 g/mol. The highest BCUT2D eigenvalue weighted by molar-refractivity contribution is 5.81. The van der Waals surface area contributed by atoms with Crippen LogP contribution in [0.1, 0.15) is 51.5 Å². The minimum atomic E-state index is 0.287. The van der Waals surface area contributed by atoms with Crippen LogP contribution in [0, 0.1) is 11.8 Å². The monoisotopic (exact) mass is 285 g/mol. The van der Waals surface area contributed by atoms with E-state index in [0.717, 1.165) is 38.8 Å². The third-order valence-electron chi connectivity index (χ3n) is 5.31. The first-order valence-corrected chi connectivity index (χ1v) is 8.49. The van der Waals surface area contributed by atoms with E-state index in [1.807, 2.05) is 0 Å². The van der Waals surface area contributed by atoms with Gasteiger partial charge in [0.05, 0.1) is 0 Å². The van der Waals surface area contributed by atoms with Crippen molar-refractivity contribution in [3.63, 3.8) is 0 Å². The molecule has 0 N–H and O–H groups in total. The van der Waals surface area contributed by atoms with E-state index in [2.05, 4.69) is 49.1 Å². The third-order valence-corrected chi connectivity index (χ3v) is 5.31. The van der Waals surface area contributed by atoms with Crippen LogP contribution in [0.3, 0.4) is 0 Å². The smallest absolute Gasteiger partial charge is 0.225 e. The summed E-state index contributed by atoms with van der Waals surface area (Å²) in [6.45, 7) is 6.46. The van der Waals surface area contributed by atoms with Crippen LogP contribution in [-0.2, 0) is 10.2 Å². The summed E-state index contributed by atoms with van der Waals surface area (Å²) >= 11 is 0. The Kier molecular flexibility index (Phi) is 4.05. The Morgan fingerprint density at radius 2 is 2.00 bits per heavy atom. The summed E-state index contributed by atoms with van der Waals surface area (Å²) in [5.41, 5.74) is 1.72. The van der Waals surface area contributed by atoms with E-state index in [4.69, 9.17) is 0 Å². The Balaban J connectivity index is 1.63. The van der Waals surface area contributed by atoms with Crippen LogP contribution in [0.25, 0.3) is 0 Å². The van der Waals surface area contributed by atoms with Gasteiger partial charge in [-0.2, -0.15) is 0 Å². The summed E-state index contributed by atoms with van der Waals surface area (Å²) < 4.78 is 0. The fraction of sp³-hybridized carbons (Fsp3) is 0.632. The Hall–Kier alpha value is -1.31. The summed E-state index contributed by atoms with van der Waals surface area (Å²) in [6, 6.07) is 10.8. The maximum absolute atomic E-state index is 12.4. The molecule has 0 bridgehead atoms. The molecule has 2 nitrogen and oxygen atoms in total. The molecule has 2 aliphatic rings. The number of carbonyl (C=O) groups excluding carboxylic acids is 1. The van der Waals surface area contributed by atoms with E-state index in [1.165, 1.54) is 12.0 Å². The maximum Gasteiger partial charge on any atom is 0.225 e. The average molecular weight is 285 g/mol. The number of hydrogen-bond acceptors (Lipinski definition) is 1. The van der Waals surface area contributed by atoms with Crippen molar-refractivity contribution in [2.45, 2.75) is 51.4 Å². The molecule has 0 aromatic heterocycles. The van der Waals surface area contributed by atoms with Crippen molar-refractivity contribution in [1.82, 2.24) is 4.90 Å². The van der Waals surface area contributed by atoms with E-state index >= 15 is 0 Å². The fourth-order valence-corrected chi connectivity index (χ4v) is 3.39. The van der Waals surface area contributed by atoms with Crippen LogP contribution in [0.2, 0.25) is 0 Å². The highest BCUT2D eigenvalue weighted by atomic mass is 16.2. The molecule has 0 saturated heterocycles. The maximum atomic E-state index is 12.4. The lowest BCUT2D eigenvalue weighted by atomic mass is 9.95. The first-order chi connectivity index (χ1) is 10.1. The zero-order valence-electron chi connectivity index (χ0n) is 13.3. The highest BCUT2D eigenvalue weighted by Gasteiger charge is 2.52. The van der Waals surface area contributed by atoms with E-state index in [9.17, 15) is 4.79 Å². The van der Waals surface area contributed by atoms with Gasteiger partial charge >= 0.3 is 0 Å². The van der Waals surface area contributed by atoms with Gasteiger partial charge in [0.2, 0.25) is 5.91 Å². The molecule has 2 unspecified atom stereocenters. The van der Waals surface area contributed by atoms with Crippen molar-refractivity contribution in [3.05, 3.63) is 35.9 Å². The normalized spacial score (nSPS) is 27.4. The summed E-state index contributed by atoms with van der Waals surface area (Å²) in [7, 11) is 0. The van der Waals surface area contributed by atoms with Gasteiger partial charge in [-0.3, -0.25) is 4.79 Å². The lowest BCUT2D eigenvalue weighted by Crippen LogP contribution is -2.36. The molecule has 0 aliphatic heterocycles. The Bertz CT molecular complexity index is 494. The molecule has 0 heterocycles.